The lowest BCUT2D eigenvalue weighted by Gasteiger charge is -2.28. The van der Waals surface area contributed by atoms with Crippen LogP contribution in [0.3, 0.4) is 0 Å². The summed E-state index contributed by atoms with van der Waals surface area (Å²) in [6.45, 7) is 25.7. The first-order chi connectivity index (χ1) is 14.7. The molecule has 0 spiro atoms. The van der Waals surface area contributed by atoms with Crippen LogP contribution in [0.25, 0.3) is 0 Å². The molecule has 0 atom stereocenters. The molecule has 0 radical (unpaired) electrons. The van der Waals surface area contributed by atoms with Crippen LogP contribution in [0.5, 0.6) is 11.5 Å². The van der Waals surface area contributed by atoms with Gasteiger partial charge >= 0.3 is 0 Å². The van der Waals surface area contributed by atoms with Gasteiger partial charge in [0.1, 0.15) is 11.5 Å². The Hall–Kier alpha value is -0.910. The van der Waals surface area contributed by atoms with Gasteiger partial charge in [0.15, 0.2) is 0 Å². The minimum atomic E-state index is -0.140. The quantitative estimate of drug-likeness (QED) is 0.404. The van der Waals surface area contributed by atoms with E-state index in [1.807, 2.05) is 0 Å². The molecule has 0 aliphatic heterocycles. The third-order valence-corrected chi connectivity index (χ3v) is 9.44. The van der Waals surface area contributed by atoms with E-state index in [0.29, 0.717) is 11.5 Å². The predicted molar refractivity (Wildman–Crippen MR) is 150 cm³/mol. The summed E-state index contributed by atoms with van der Waals surface area (Å²) >= 11 is 0. The van der Waals surface area contributed by atoms with E-state index in [2.05, 4.69) is 107 Å². The van der Waals surface area contributed by atoms with Gasteiger partial charge in [-0.3, -0.25) is 0 Å². The van der Waals surface area contributed by atoms with Gasteiger partial charge in [-0.05, 0) is 77.3 Å². The Bertz CT molecular complexity index is 846. The highest BCUT2D eigenvalue weighted by Crippen LogP contribution is 2.50. The van der Waals surface area contributed by atoms with Crippen molar-refractivity contribution in [3.8, 4) is 11.5 Å². The van der Waals surface area contributed by atoms with E-state index in [0.717, 1.165) is 32.0 Å². The summed E-state index contributed by atoms with van der Waals surface area (Å²) < 4.78 is 0. The molecule has 0 unspecified atom stereocenters. The van der Waals surface area contributed by atoms with Crippen molar-refractivity contribution >= 4 is 31.4 Å². The molecule has 2 N–H and O–H groups in total. The third-order valence-electron chi connectivity index (χ3n) is 5.66. The highest BCUT2D eigenvalue weighted by Gasteiger charge is 2.28. The van der Waals surface area contributed by atoms with Crippen LogP contribution in [0.4, 0.5) is 0 Å². The second-order valence-corrected chi connectivity index (χ2v) is 17.0. The van der Waals surface area contributed by atoms with Crippen molar-refractivity contribution in [1.29, 1.82) is 0 Å². The highest BCUT2D eigenvalue weighted by molar-refractivity contribution is 9.09. The number of hydrogen-bond donors (Lipinski definition) is 2. The van der Waals surface area contributed by atoms with Gasteiger partial charge in [-0.25, -0.2) is 0 Å². The fourth-order valence-corrected chi connectivity index (χ4v) is 7.42. The molecule has 5 heteroatoms. The third kappa shape index (κ3) is 7.05. The van der Waals surface area contributed by atoms with Crippen LogP contribution in [0, 0.1) is 0 Å². The largest absolute Gasteiger partial charge is 0.507 e. The minimum absolute atomic E-state index is 0.140. The number of phenols is 2. The van der Waals surface area contributed by atoms with Crippen LogP contribution in [0.2, 0.25) is 0 Å². The molecule has 0 saturated heterocycles. The average molecular weight is 507 g/mol. The van der Waals surface area contributed by atoms with Gasteiger partial charge in [-0.2, -0.15) is 0 Å². The molecule has 2 aromatic carbocycles. The van der Waals surface area contributed by atoms with Gasteiger partial charge in [0.25, 0.3) is 0 Å². The molecule has 0 bridgehead atoms. The second kappa shape index (κ2) is 9.62. The Morgan fingerprint density at radius 1 is 0.455 bits per heavy atom. The van der Waals surface area contributed by atoms with E-state index in [4.69, 9.17) is 0 Å². The number of hydrogen-bond acceptors (Lipinski definition) is 5. The molecule has 0 heterocycles. The molecule has 0 saturated carbocycles. The van der Waals surface area contributed by atoms with Crippen LogP contribution < -0.4 is 0 Å². The van der Waals surface area contributed by atoms with Crippen molar-refractivity contribution in [2.45, 2.75) is 115 Å². The SMILES string of the molecule is CC(C)(C)c1cc(SSSc2cc(C(C)(C)C)c(O)c(C(C)(C)C)c2)cc(C(C)(C)C)c1O. The lowest BCUT2D eigenvalue weighted by molar-refractivity contribution is 0.421. The van der Waals surface area contributed by atoms with E-state index in [1.165, 1.54) is 0 Å². The first-order valence-electron chi connectivity index (χ1n) is 11.5. The van der Waals surface area contributed by atoms with E-state index in [9.17, 15) is 10.2 Å². The normalized spacial score (nSPS) is 13.5. The van der Waals surface area contributed by atoms with Gasteiger partial charge in [0.05, 0.1) is 0 Å². The smallest absolute Gasteiger partial charge is 0.123 e. The van der Waals surface area contributed by atoms with E-state index < -0.39 is 0 Å². The minimum Gasteiger partial charge on any atom is -0.507 e. The van der Waals surface area contributed by atoms with Crippen molar-refractivity contribution in [1.82, 2.24) is 0 Å². The summed E-state index contributed by atoms with van der Waals surface area (Å²) in [6, 6.07) is 8.50. The van der Waals surface area contributed by atoms with Crippen LogP contribution in [0.15, 0.2) is 34.1 Å². The van der Waals surface area contributed by atoms with Crippen molar-refractivity contribution in [2.75, 3.05) is 0 Å². The Morgan fingerprint density at radius 2 is 0.667 bits per heavy atom. The van der Waals surface area contributed by atoms with Crippen molar-refractivity contribution < 1.29 is 10.2 Å². The van der Waals surface area contributed by atoms with E-state index >= 15 is 0 Å². The molecule has 184 valence electrons. The van der Waals surface area contributed by atoms with Crippen molar-refractivity contribution in [3.05, 3.63) is 46.5 Å². The number of aromatic hydroxyl groups is 2. The van der Waals surface area contributed by atoms with Crippen LogP contribution in [0.1, 0.15) is 105 Å². The van der Waals surface area contributed by atoms with E-state index in [1.54, 1.807) is 31.4 Å². The summed E-state index contributed by atoms with van der Waals surface area (Å²) in [5.41, 5.74) is 3.37. The van der Waals surface area contributed by atoms with Crippen molar-refractivity contribution in [3.63, 3.8) is 0 Å². The topological polar surface area (TPSA) is 40.5 Å². The maximum Gasteiger partial charge on any atom is 0.123 e. The highest BCUT2D eigenvalue weighted by atomic mass is 33.5. The zero-order chi connectivity index (χ0) is 25.6. The fraction of sp³-hybridized carbons (Fsp3) is 0.571. The lowest BCUT2D eigenvalue weighted by Crippen LogP contribution is -2.17. The van der Waals surface area contributed by atoms with Crippen LogP contribution in [-0.2, 0) is 21.7 Å². The Morgan fingerprint density at radius 3 is 0.848 bits per heavy atom. The fourth-order valence-electron chi connectivity index (χ4n) is 3.69. The molecule has 2 rings (SSSR count). The molecular formula is C28H42O2S3. The zero-order valence-corrected chi connectivity index (χ0v) is 24.9. The molecule has 0 amide bonds. The molecule has 0 aromatic heterocycles. The monoisotopic (exact) mass is 506 g/mol. The summed E-state index contributed by atoms with van der Waals surface area (Å²) in [5, 5.41) is 22.0. The Kier molecular flexibility index (Phi) is 8.26. The lowest BCUT2D eigenvalue weighted by atomic mass is 9.79. The van der Waals surface area contributed by atoms with Gasteiger partial charge in [0.2, 0.25) is 0 Å². The van der Waals surface area contributed by atoms with Crippen LogP contribution in [-0.4, -0.2) is 10.2 Å². The summed E-state index contributed by atoms with van der Waals surface area (Å²) in [6.07, 6.45) is 0. The van der Waals surface area contributed by atoms with Gasteiger partial charge in [-0.15, -0.1) is 0 Å². The molecule has 0 fully saturated rings. The number of rotatable bonds is 4. The Balaban J connectivity index is 2.39. The van der Waals surface area contributed by atoms with E-state index in [-0.39, 0.29) is 21.7 Å². The van der Waals surface area contributed by atoms with Gasteiger partial charge in [0, 0.05) is 32.0 Å². The first kappa shape index (κ1) is 28.3. The first-order valence-corrected chi connectivity index (χ1v) is 15.0. The summed E-state index contributed by atoms with van der Waals surface area (Å²) in [4.78, 5) is 2.29. The van der Waals surface area contributed by atoms with Gasteiger partial charge in [-0.1, -0.05) is 83.1 Å². The zero-order valence-electron chi connectivity index (χ0n) is 22.4. The van der Waals surface area contributed by atoms with Gasteiger partial charge < -0.3 is 10.2 Å². The van der Waals surface area contributed by atoms with Crippen LogP contribution >= 0.6 is 31.4 Å². The van der Waals surface area contributed by atoms with Crippen molar-refractivity contribution in [2.24, 2.45) is 0 Å². The molecule has 33 heavy (non-hydrogen) atoms. The Labute approximate surface area is 213 Å². The average Bonchev–Trinajstić information content (AvgIpc) is 2.60. The number of benzene rings is 2. The predicted octanol–water partition coefficient (Wildman–Crippen LogP) is 9.74. The standard InChI is InChI=1S/C28H42O2S3/c1-25(2,3)19-13-17(14-20(23(19)29)26(4,5)6)31-33-32-18-15-21(27(7,8)9)24(30)22(16-18)28(10,11)12/h13-16,29-30H,1-12H3. The second-order valence-electron chi connectivity index (χ2n) is 13.0. The maximum atomic E-state index is 11.0. The maximum absolute atomic E-state index is 11.0. The molecule has 2 nitrogen and oxygen atoms in total. The molecule has 0 aliphatic carbocycles. The molecule has 2 aromatic rings. The summed E-state index contributed by atoms with van der Waals surface area (Å²) in [7, 11) is 5.16. The number of phenolic OH excluding ortho intramolecular Hbond substituents is 2. The molecular weight excluding hydrogens is 465 g/mol. The summed E-state index contributed by atoms with van der Waals surface area (Å²) in [5.74, 6) is 0.834. The molecule has 0 aliphatic rings.